The molecule has 0 fully saturated rings. The SMILES string of the molecule is CCOC(=O)C(COc1ccc(Oc2ccccc2)cc1)C(=O)O. The minimum absolute atomic E-state index is 0.119. The van der Waals surface area contributed by atoms with E-state index >= 15 is 0 Å². The molecule has 0 bridgehead atoms. The second kappa shape index (κ2) is 8.57. The highest BCUT2D eigenvalue weighted by Crippen LogP contribution is 2.23. The van der Waals surface area contributed by atoms with Crippen LogP contribution in [0.5, 0.6) is 17.2 Å². The number of para-hydroxylation sites is 1. The topological polar surface area (TPSA) is 82.1 Å². The molecule has 0 aliphatic heterocycles. The molecular formula is C18H18O6. The standard InChI is InChI=1S/C18H18O6/c1-2-22-18(21)16(17(19)20)12-23-13-8-10-15(11-9-13)24-14-6-4-3-5-7-14/h3-11,16H,2,12H2,1H3,(H,19,20). The molecule has 126 valence electrons. The van der Waals surface area contributed by atoms with Gasteiger partial charge in [0.1, 0.15) is 23.9 Å². The van der Waals surface area contributed by atoms with E-state index in [2.05, 4.69) is 0 Å². The molecule has 6 nitrogen and oxygen atoms in total. The monoisotopic (exact) mass is 330 g/mol. The van der Waals surface area contributed by atoms with Crippen molar-refractivity contribution in [1.29, 1.82) is 0 Å². The molecule has 2 aromatic rings. The number of hydrogen-bond donors (Lipinski definition) is 1. The van der Waals surface area contributed by atoms with Crippen molar-refractivity contribution in [3.63, 3.8) is 0 Å². The molecule has 6 heteroatoms. The van der Waals surface area contributed by atoms with E-state index in [9.17, 15) is 9.59 Å². The van der Waals surface area contributed by atoms with Gasteiger partial charge in [0.2, 0.25) is 0 Å². The molecule has 1 unspecified atom stereocenters. The van der Waals surface area contributed by atoms with Crippen molar-refractivity contribution >= 4 is 11.9 Å². The zero-order chi connectivity index (χ0) is 17.4. The Labute approximate surface area is 139 Å². The van der Waals surface area contributed by atoms with Gasteiger partial charge >= 0.3 is 11.9 Å². The average Bonchev–Trinajstić information content (AvgIpc) is 2.57. The molecule has 0 aliphatic rings. The minimum Gasteiger partial charge on any atom is -0.492 e. The molecule has 0 amide bonds. The van der Waals surface area contributed by atoms with E-state index in [1.807, 2.05) is 30.3 Å². The number of carbonyl (C=O) groups is 2. The Morgan fingerprint density at radius 1 is 0.958 bits per heavy atom. The fourth-order valence-electron chi connectivity index (χ4n) is 1.89. The predicted octanol–water partition coefficient (Wildman–Crippen LogP) is 3.12. The van der Waals surface area contributed by atoms with E-state index in [0.717, 1.165) is 0 Å². The van der Waals surface area contributed by atoms with Crippen LogP contribution < -0.4 is 9.47 Å². The van der Waals surface area contributed by atoms with Crippen LogP contribution in [0.4, 0.5) is 0 Å². The first-order chi connectivity index (χ1) is 11.6. The molecule has 0 saturated carbocycles. The third kappa shape index (κ3) is 5.01. The van der Waals surface area contributed by atoms with E-state index in [0.29, 0.717) is 17.2 Å². The molecule has 0 spiro atoms. The largest absolute Gasteiger partial charge is 0.492 e. The Balaban J connectivity index is 1.93. The molecule has 0 saturated heterocycles. The van der Waals surface area contributed by atoms with Crippen molar-refractivity contribution in [3.8, 4) is 17.2 Å². The van der Waals surface area contributed by atoms with Crippen LogP contribution in [0.1, 0.15) is 6.92 Å². The van der Waals surface area contributed by atoms with Gasteiger partial charge in [-0.25, -0.2) is 0 Å². The number of esters is 1. The van der Waals surface area contributed by atoms with Crippen LogP contribution in [0.3, 0.4) is 0 Å². The number of carboxylic acids is 1. The summed E-state index contributed by atoms with van der Waals surface area (Å²) in [6, 6.07) is 16.0. The summed E-state index contributed by atoms with van der Waals surface area (Å²) in [5.41, 5.74) is 0. The quantitative estimate of drug-likeness (QED) is 0.591. The summed E-state index contributed by atoms with van der Waals surface area (Å²) in [5.74, 6) is -1.68. The maximum Gasteiger partial charge on any atom is 0.323 e. The van der Waals surface area contributed by atoms with Crippen molar-refractivity contribution in [2.24, 2.45) is 5.92 Å². The summed E-state index contributed by atoms with van der Waals surface area (Å²) in [4.78, 5) is 22.7. The fraction of sp³-hybridized carbons (Fsp3) is 0.222. The fourth-order valence-corrected chi connectivity index (χ4v) is 1.89. The van der Waals surface area contributed by atoms with Gasteiger partial charge < -0.3 is 19.3 Å². The van der Waals surface area contributed by atoms with Gasteiger partial charge in [-0.15, -0.1) is 0 Å². The molecule has 0 aliphatic carbocycles. The number of carbonyl (C=O) groups excluding carboxylic acids is 1. The Hall–Kier alpha value is -3.02. The molecular weight excluding hydrogens is 312 g/mol. The van der Waals surface area contributed by atoms with E-state index in [1.165, 1.54) is 0 Å². The Bertz CT molecular complexity index is 666. The van der Waals surface area contributed by atoms with Crippen LogP contribution in [-0.2, 0) is 14.3 Å². The lowest BCUT2D eigenvalue weighted by molar-refractivity contribution is -0.159. The van der Waals surface area contributed by atoms with Crippen molar-refractivity contribution in [1.82, 2.24) is 0 Å². The molecule has 2 aromatic carbocycles. The molecule has 0 heterocycles. The van der Waals surface area contributed by atoms with E-state index in [1.54, 1.807) is 31.2 Å². The lowest BCUT2D eigenvalue weighted by Crippen LogP contribution is -2.31. The number of benzene rings is 2. The molecule has 1 N–H and O–H groups in total. The smallest absolute Gasteiger partial charge is 0.323 e. The number of ether oxygens (including phenoxy) is 3. The first-order valence-corrected chi connectivity index (χ1v) is 7.45. The zero-order valence-electron chi connectivity index (χ0n) is 13.2. The third-order valence-electron chi connectivity index (χ3n) is 3.09. The second-order valence-corrected chi connectivity index (χ2v) is 4.84. The lowest BCUT2D eigenvalue weighted by atomic mass is 10.1. The maximum absolute atomic E-state index is 11.6. The van der Waals surface area contributed by atoms with Gasteiger partial charge in [-0.2, -0.15) is 0 Å². The van der Waals surface area contributed by atoms with Gasteiger partial charge in [-0.1, -0.05) is 18.2 Å². The number of aliphatic carboxylic acids is 1. The van der Waals surface area contributed by atoms with Crippen LogP contribution >= 0.6 is 0 Å². The minimum atomic E-state index is -1.36. The predicted molar refractivity (Wildman–Crippen MR) is 86.2 cm³/mol. The Morgan fingerprint density at radius 2 is 1.54 bits per heavy atom. The van der Waals surface area contributed by atoms with Crippen LogP contribution in [0.25, 0.3) is 0 Å². The van der Waals surface area contributed by atoms with Crippen LogP contribution in [-0.4, -0.2) is 30.3 Å². The Morgan fingerprint density at radius 3 is 2.12 bits per heavy atom. The average molecular weight is 330 g/mol. The van der Waals surface area contributed by atoms with Crippen molar-refractivity contribution < 1.29 is 28.9 Å². The van der Waals surface area contributed by atoms with Crippen molar-refractivity contribution in [2.45, 2.75) is 6.92 Å². The van der Waals surface area contributed by atoms with Gasteiger partial charge in [0.15, 0.2) is 5.92 Å². The molecule has 1 atom stereocenters. The maximum atomic E-state index is 11.6. The molecule has 0 aromatic heterocycles. The summed E-state index contributed by atoms with van der Waals surface area (Å²) in [7, 11) is 0. The summed E-state index contributed by atoms with van der Waals surface area (Å²) in [6.07, 6.45) is 0. The summed E-state index contributed by atoms with van der Waals surface area (Å²) in [5, 5.41) is 9.06. The van der Waals surface area contributed by atoms with Gasteiger partial charge in [0.05, 0.1) is 6.61 Å². The first kappa shape index (κ1) is 17.3. The summed E-state index contributed by atoms with van der Waals surface area (Å²) >= 11 is 0. The number of rotatable bonds is 8. The highest BCUT2D eigenvalue weighted by atomic mass is 16.5. The highest BCUT2D eigenvalue weighted by molar-refractivity contribution is 5.94. The van der Waals surface area contributed by atoms with Crippen LogP contribution in [0.15, 0.2) is 54.6 Å². The van der Waals surface area contributed by atoms with Gasteiger partial charge in [0.25, 0.3) is 0 Å². The van der Waals surface area contributed by atoms with Gasteiger partial charge in [0, 0.05) is 0 Å². The number of carboxylic acid groups (broad SMARTS) is 1. The second-order valence-electron chi connectivity index (χ2n) is 4.84. The van der Waals surface area contributed by atoms with Gasteiger partial charge in [-0.05, 0) is 43.3 Å². The summed E-state index contributed by atoms with van der Waals surface area (Å²) < 4.78 is 15.7. The van der Waals surface area contributed by atoms with E-state index in [4.69, 9.17) is 19.3 Å². The zero-order valence-corrected chi connectivity index (χ0v) is 13.2. The van der Waals surface area contributed by atoms with Gasteiger partial charge in [-0.3, -0.25) is 9.59 Å². The third-order valence-corrected chi connectivity index (χ3v) is 3.09. The van der Waals surface area contributed by atoms with E-state index in [-0.39, 0.29) is 13.2 Å². The molecule has 0 radical (unpaired) electrons. The summed E-state index contributed by atoms with van der Waals surface area (Å²) in [6.45, 7) is 1.43. The van der Waals surface area contributed by atoms with Crippen molar-refractivity contribution in [3.05, 3.63) is 54.6 Å². The highest BCUT2D eigenvalue weighted by Gasteiger charge is 2.28. The van der Waals surface area contributed by atoms with Crippen LogP contribution in [0, 0.1) is 5.92 Å². The lowest BCUT2D eigenvalue weighted by Gasteiger charge is -2.13. The number of hydrogen-bond acceptors (Lipinski definition) is 5. The van der Waals surface area contributed by atoms with E-state index < -0.39 is 17.9 Å². The molecule has 24 heavy (non-hydrogen) atoms. The van der Waals surface area contributed by atoms with Crippen LogP contribution in [0.2, 0.25) is 0 Å². The first-order valence-electron chi connectivity index (χ1n) is 7.45. The Kier molecular flexibility index (Phi) is 6.19. The molecule has 2 rings (SSSR count). The normalized spacial score (nSPS) is 11.4. The van der Waals surface area contributed by atoms with Crippen molar-refractivity contribution in [2.75, 3.05) is 13.2 Å².